The van der Waals surface area contributed by atoms with Crippen molar-refractivity contribution in [3.05, 3.63) is 0 Å². The van der Waals surface area contributed by atoms with Crippen LogP contribution in [-0.2, 0) is 13.9 Å². The van der Waals surface area contributed by atoms with Gasteiger partial charge < -0.3 is 20.2 Å². The maximum Gasteiger partial charge on any atom is 0.469 e. The predicted octanol–water partition coefficient (Wildman–Crippen LogP) is 14.6. The molecular weight excluding hydrogens is 693 g/mol. The molecule has 0 spiro atoms. The topological polar surface area (TPSA) is 116 Å². The van der Waals surface area contributed by atoms with E-state index in [-0.39, 0.29) is 5.91 Å². The fourth-order valence-corrected chi connectivity index (χ4v) is 8.06. The molecule has 4 N–H and O–H groups in total. The van der Waals surface area contributed by atoms with Gasteiger partial charge in [-0.2, -0.15) is 0 Å². The summed E-state index contributed by atoms with van der Waals surface area (Å²) in [6.45, 7) is 4.14. The Kier molecular flexibility index (Phi) is 41.8. The number of aliphatic hydroxyl groups is 1. The fraction of sp³-hybridized carbons (Fsp3) is 0.978. The van der Waals surface area contributed by atoms with Crippen LogP contribution in [0.25, 0.3) is 0 Å². The van der Waals surface area contributed by atoms with Crippen LogP contribution in [0.3, 0.4) is 0 Å². The molecule has 0 aliphatic heterocycles. The minimum Gasteiger partial charge on any atom is -0.391 e. The van der Waals surface area contributed by atoms with E-state index < -0.39 is 26.6 Å². The third kappa shape index (κ3) is 42.7. The highest BCUT2D eigenvalue weighted by Gasteiger charge is 2.25. The Balaban J connectivity index is 3.67. The van der Waals surface area contributed by atoms with Crippen LogP contribution in [0.1, 0.15) is 271 Å². The number of rotatable bonds is 45. The lowest BCUT2D eigenvalue weighted by Crippen LogP contribution is -2.46. The highest BCUT2D eigenvalue weighted by molar-refractivity contribution is 7.46. The molecule has 2 atom stereocenters. The van der Waals surface area contributed by atoms with E-state index in [4.69, 9.17) is 9.79 Å². The molecule has 0 aliphatic rings. The smallest absolute Gasteiger partial charge is 0.391 e. The van der Waals surface area contributed by atoms with E-state index in [2.05, 4.69) is 23.7 Å². The predicted molar refractivity (Wildman–Crippen MR) is 232 cm³/mol. The maximum absolute atomic E-state index is 12.6. The standard InChI is InChI=1S/C46H94NO6P/c1-3-5-7-9-11-13-15-16-17-18-19-20-21-22-23-24-25-26-27-28-29-30-32-34-36-38-40-42-46(49)47-44(43-53-54(50,51)52)45(48)41-39-37-35-33-31-14-12-10-8-6-4-2/h44-45,48H,3-43H2,1-2H3,(H,47,49)(H2,50,51,52)/t44-,45+/m0/s1. The molecule has 0 rings (SSSR count). The Morgan fingerprint density at radius 3 is 1.00 bits per heavy atom. The van der Waals surface area contributed by atoms with E-state index in [1.54, 1.807) is 0 Å². The molecule has 0 saturated carbocycles. The molecule has 0 aromatic heterocycles. The lowest BCUT2D eigenvalue weighted by molar-refractivity contribution is -0.123. The summed E-state index contributed by atoms with van der Waals surface area (Å²) >= 11 is 0. The van der Waals surface area contributed by atoms with Gasteiger partial charge >= 0.3 is 7.82 Å². The van der Waals surface area contributed by atoms with Gasteiger partial charge in [0, 0.05) is 6.42 Å². The first-order chi connectivity index (χ1) is 26.3. The summed E-state index contributed by atoms with van der Waals surface area (Å²) in [6.07, 6.45) is 49.8. The van der Waals surface area contributed by atoms with Crippen LogP contribution in [0.4, 0.5) is 0 Å². The molecule has 0 fully saturated rings. The number of phosphoric ester groups is 1. The highest BCUT2D eigenvalue weighted by atomic mass is 31.2. The molecular formula is C46H94NO6P. The summed E-state index contributed by atoms with van der Waals surface area (Å²) in [5.74, 6) is -0.188. The molecule has 8 heteroatoms. The van der Waals surface area contributed by atoms with Crippen molar-refractivity contribution in [3.8, 4) is 0 Å². The van der Waals surface area contributed by atoms with Gasteiger partial charge in [0.2, 0.25) is 5.91 Å². The van der Waals surface area contributed by atoms with Crippen molar-refractivity contribution in [3.63, 3.8) is 0 Å². The average Bonchev–Trinajstić information content (AvgIpc) is 3.14. The van der Waals surface area contributed by atoms with Gasteiger partial charge in [-0.3, -0.25) is 9.32 Å². The van der Waals surface area contributed by atoms with E-state index in [0.29, 0.717) is 12.8 Å². The summed E-state index contributed by atoms with van der Waals surface area (Å²) in [6, 6.07) is -0.817. The van der Waals surface area contributed by atoms with Crippen molar-refractivity contribution in [2.75, 3.05) is 6.61 Å². The Bertz CT molecular complexity index is 808. The van der Waals surface area contributed by atoms with Crippen molar-refractivity contribution >= 4 is 13.7 Å². The number of carbonyl (C=O) groups is 1. The molecule has 0 bridgehead atoms. The van der Waals surface area contributed by atoms with E-state index >= 15 is 0 Å². The van der Waals surface area contributed by atoms with Crippen LogP contribution in [0.15, 0.2) is 0 Å². The number of nitrogens with one attached hydrogen (secondary N) is 1. The van der Waals surface area contributed by atoms with Crippen molar-refractivity contribution in [1.29, 1.82) is 0 Å². The molecule has 0 saturated heterocycles. The van der Waals surface area contributed by atoms with Crippen LogP contribution in [-0.4, -0.2) is 39.6 Å². The number of hydrogen-bond acceptors (Lipinski definition) is 4. The first kappa shape index (κ1) is 53.5. The number of amides is 1. The van der Waals surface area contributed by atoms with Gasteiger partial charge in [0.15, 0.2) is 0 Å². The van der Waals surface area contributed by atoms with E-state index in [9.17, 15) is 14.5 Å². The number of hydrogen-bond donors (Lipinski definition) is 4. The summed E-state index contributed by atoms with van der Waals surface area (Å²) < 4.78 is 16.0. The number of aliphatic hydroxyl groups excluding tert-OH is 1. The Morgan fingerprint density at radius 1 is 0.463 bits per heavy atom. The SMILES string of the molecule is CCCCCCCCCCCCCCCCCCCCCCCCCCCCCC(=O)N[C@@H](COP(=O)(O)O)[C@H](O)CCCCCCCCCCCCC. The van der Waals surface area contributed by atoms with Crippen LogP contribution in [0.2, 0.25) is 0 Å². The average molecular weight is 788 g/mol. The van der Waals surface area contributed by atoms with Crippen LogP contribution < -0.4 is 5.32 Å². The second-order valence-electron chi connectivity index (χ2n) is 16.8. The van der Waals surface area contributed by atoms with Gasteiger partial charge in [0.25, 0.3) is 0 Å². The maximum atomic E-state index is 12.6. The molecule has 7 nitrogen and oxygen atoms in total. The fourth-order valence-electron chi connectivity index (χ4n) is 7.70. The molecule has 0 aromatic rings. The van der Waals surface area contributed by atoms with Crippen LogP contribution in [0.5, 0.6) is 0 Å². The third-order valence-electron chi connectivity index (χ3n) is 11.3. The monoisotopic (exact) mass is 788 g/mol. The van der Waals surface area contributed by atoms with Crippen molar-refractivity contribution in [2.45, 2.75) is 283 Å². The first-order valence-electron chi connectivity index (χ1n) is 24.0. The van der Waals surface area contributed by atoms with E-state index in [1.165, 1.54) is 205 Å². The number of phosphoric acid groups is 1. The van der Waals surface area contributed by atoms with Gasteiger partial charge in [-0.1, -0.05) is 251 Å². The molecule has 0 heterocycles. The highest BCUT2D eigenvalue weighted by Crippen LogP contribution is 2.36. The molecule has 1 amide bonds. The zero-order valence-corrected chi connectivity index (χ0v) is 37.1. The molecule has 0 radical (unpaired) electrons. The number of unbranched alkanes of at least 4 members (excludes halogenated alkanes) is 36. The first-order valence-corrected chi connectivity index (χ1v) is 25.5. The quantitative estimate of drug-likeness (QED) is 0.0361. The molecule has 54 heavy (non-hydrogen) atoms. The third-order valence-corrected chi connectivity index (χ3v) is 11.8. The van der Waals surface area contributed by atoms with Crippen molar-refractivity contribution in [2.24, 2.45) is 0 Å². The largest absolute Gasteiger partial charge is 0.469 e. The summed E-state index contributed by atoms with van der Waals surface area (Å²) in [4.78, 5) is 30.9. The minimum atomic E-state index is -4.68. The minimum absolute atomic E-state index is 0.188. The van der Waals surface area contributed by atoms with Gasteiger partial charge in [0.05, 0.1) is 18.8 Å². The normalized spacial score (nSPS) is 13.1. The lowest BCUT2D eigenvalue weighted by atomic mass is 10.0. The van der Waals surface area contributed by atoms with Crippen LogP contribution >= 0.6 is 7.82 Å². The van der Waals surface area contributed by atoms with Crippen molar-refractivity contribution < 1.29 is 28.8 Å². The van der Waals surface area contributed by atoms with Gasteiger partial charge in [-0.15, -0.1) is 0 Å². The molecule has 324 valence electrons. The van der Waals surface area contributed by atoms with E-state index in [0.717, 1.165) is 38.5 Å². The Labute approximate surface area is 336 Å². The Morgan fingerprint density at radius 2 is 0.722 bits per heavy atom. The zero-order valence-electron chi connectivity index (χ0n) is 36.2. The summed E-state index contributed by atoms with van der Waals surface area (Å²) in [5.41, 5.74) is 0. The van der Waals surface area contributed by atoms with E-state index in [1.807, 2.05) is 0 Å². The van der Waals surface area contributed by atoms with Crippen molar-refractivity contribution in [1.82, 2.24) is 5.32 Å². The zero-order chi connectivity index (χ0) is 39.6. The summed E-state index contributed by atoms with van der Waals surface area (Å²) in [5, 5.41) is 13.5. The lowest BCUT2D eigenvalue weighted by Gasteiger charge is -2.24. The van der Waals surface area contributed by atoms with Crippen LogP contribution in [0, 0.1) is 0 Å². The summed E-state index contributed by atoms with van der Waals surface area (Å²) in [7, 11) is -4.68. The second kappa shape index (κ2) is 42.2. The van der Waals surface area contributed by atoms with Gasteiger partial charge in [0.1, 0.15) is 0 Å². The van der Waals surface area contributed by atoms with Gasteiger partial charge in [-0.25, -0.2) is 4.57 Å². The van der Waals surface area contributed by atoms with Gasteiger partial charge in [-0.05, 0) is 12.8 Å². The molecule has 0 unspecified atom stereocenters. The number of carbonyl (C=O) groups excluding carboxylic acids is 1. The molecule has 0 aliphatic carbocycles. The second-order valence-corrected chi connectivity index (χ2v) is 18.0. The Hall–Kier alpha value is -0.460. The molecule has 0 aromatic carbocycles.